The lowest BCUT2D eigenvalue weighted by Gasteiger charge is -2.33. The second kappa shape index (κ2) is 6.93. The van der Waals surface area contributed by atoms with Crippen molar-refractivity contribution in [1.82, 2.24) is 4.90 Å². The zero-order valence-electron chi connectivity index (χ0n) is 12.7. The first kappa shape index (κ1) is 14.4. The fourth-order valence-electron chi connectivity index (χ4n) is 3.90. The van der Waals surface area contributed by atoms with Crippen LogP contribution < -0.4 is 0 Å². The fraction of sp³-hybridized carbons (Fsp3) is 0.526. The Labute approximate surface area is 127 Å². The number of carbonyl (C=O) groups is 1. The van der Waals surface area contributed by atoms with Crippen LogP contribution in [0, 0.1) is 5.92 Å². The van der Waals surface area contributed by atoms with Crippen LogP contribution in [0.2, 0.25) is 0 Å². The van der Waals surface area contributed by atoms with Crippen LogP contribution in [0.5, 0.6) is 0 Å². The summed E-state index contributed by atoms with van der Waals surface area (Å²) in [5, 5.41) is 0. The normalized spacial score (nSPS) is 23.8. The van der Waals surface area contributed by atoms with Gasteiger partial charge in [-0.1, -0.05) is 49.6 Å². The standard InChI is InChI=1S/C19H25NO/c21-19(14-13-16-8-3-1-4-9-16)20-15-7-12-18(20)17-10-5-2-6-11-17/h1,3-4,8-9,13-14,17-18H,2,5-7,10-12,15H2/b14-13+. The Hall–Kier alpha value is -1.57. The second-order valence-corrected chi connectivity index (χ2v) is 6.38. The first-order valence-corrected chi connectivity index (χ1v) is 8.38. The molecular formula is C19H25NO. The van der Waals surface area contributed by atoms with Gasteiger partial charge < -0.3 is 4.90 Å². The van der Waals surface area contributed by atoms with E-state index in [0.29, 0.717) is 6.04 Å². The molecule has 1 atom stereocenters. The Morgan fingerprint density at radius 3 is 2.52 bits per heavy atom. The monoisotopic (exact) mass is 283 g/mol. The minimum absolute atomic E-state index is 0.201. The van der Waals surface area contributed by atoms with Crippen molar-refractivity contribution in [3.05, 3.63) is 42.0 Å². The highest BCUT2D eigenvalue weighted by molar-refractivity contribution is 5.92. The van der Waals surface area contributed by atoms with Crippen molar-refractivity contribution in [2.24, 2.45) is 5.92 Å². The van der Waals surface area contributed by atoms with Crippen LogP contribution in [0.15, 0.2) is 36.4 Å². The molecule has 1 aromatic rings. The van der Waals surface area contributed by atoms with Crippen molar-refractivity contribution in [2.45, 2.75) is 51.0 Å². The maximum Gasteiger partial charge on any atom is 0.246 e. The van der Waals surface area contributed by atoms with Crippen LogP contribution in [0.1, 0.15) is 50.5 Å². The molecule has 1 aromatic carbocycles. The molecule has 2 aliphatic rings. The number of hydrogen-bond donors (Lipinski definition) is 0. The minimum atomic E-state index is 0.201. The maximum atomic E-state index is 12.5. The van der Waals surface area contributed by atoms with E-state index in [1.165, 1.54) is 44.9 Å². The van der Waals surface area contributed by atoms with Gasteiger partial charge in [-0.2, -0.15) is 0 Å². The molecule has 2 nitrogen and oxygen atoms in total. The zero-order chi connectivity index (χ0) is 14.5. The Morgan fingerprint density at radius 1 is 1.00 bits per heavy atom. The number of nitrogens with zero attached hydrogens (tertiary/aromatic N) is 1. The largest absolute Gasteiger partial charge is 0.336 e. The van der Waals surface area contributed by atoms with Crippen LogP contribution >= 0.6 is 0 Å². The van der Waals surface area contributed by atoms with E-state index >= 15 is 0 Å². The van der Waals surface area contributed by atoms with E-state index < -0.39 is 0 Å². The smallest absolute Gasteiger partial charge is 0.246 e. The van der Waals surface area contributed by atoms with E-state index in [9.17, 15) is 4.79 Å². The molecule has 1 amide bonds. The Balaban J connectivity index is 1.64. The third kappa shape index (κ3) is 3.55. The quantitative estimate of drug-likeness (QED) is 0.759. The summed E-state index contributed by atoms with van der Waals surface area (Å²) in [6.07, 6.45) is 12.8. The molecule has 1 heterocycles. The van der Waals surface area contributed by atoms with Gasteiger partial charge in [0.05, 0.1) is 0 Å². The average Bonchev–Trinajstić information content (AvgIpc) is 3.04. The van der Waals surface area contributed by atoms with E-state index in [0.717, 1.165) is 18.0 Å². The highest BCUT2D eigenvalue weighted by Gasteiger charge is 2.34. The van der Waals surface area contributed by atoms with Crippen molar-refractivity contribution in [3.63, 3.8) is 0 Å². The van der Waals surface area contributed by atoms with Crippen LogP contribution in [0.3, 0.4) is 0 Å². The van der Waals surface area contributed by atoms with E-state index in [1.807, 2.05) is 36.4 Å². The highest BCUT2D eigenvalue weighted by atomic mass is 16.2. The van der Waals surface area contributed by atoms with Gasteiger partial charge in [-0.25, -0.2) is 0 Å². The van der Waals surface area contributed by atoms with E-state index in [1.54, 1.807) is 6.08 Å². The van der Waals surface area contributed by atoms with Crippen LogP contribution in [-0.4, -0.2) is 23.4 Å². The summed E-state index contributed by atoms with van der Waals surface area (Å²) in [6.45, 7) is 0.944. The Bertz CT molecular complexity index is 488. The molecule has 0 N–H and O–H groups in total. The molecule has 112 valence electrons. The molecule has 1 aliphatic heterocycles. The molecule has 2 fully saturated rings. The van der Waals surface area contributed by atoms with Gasteiger partial charge >= 0.3 is 0 Å². The Kier molecular flexibility index (Phi) is 4.74. The molecule has 21 heavy (non-hydrogen) atoms. The van der Waals surface area contributed by atoms with E-state index in [-0.39, 0.29) is 5.91 Å². The highest BCUT2D eigenvalue weighted by Crippen LogP contribution is 2.34. The lowest BCUT2D eigenvalue weighted by Crippen LogP contribution is -2.39. The molecule has 0 spiro atoms. The summed E-state index contributed by atoms with van der Waals surface area (Å²) in [6, 6.07) is 10.6. The van der Waals surface area contributed by atoms with Crippen molar-refractivity contribution in [2.75, 3.05) is 6.54 Å². The number of carbonyl (C=O) groups excluding carboxylic acids is 1. The topological polar surface area (TPSA) is 20.3 Å². The molecule has 1 unspecified atom stereocenters. The number of hydrogen-bond acceptors (Lipinski definition) is 1. The van der Waals surface area contributed by atoms with Crippen molar-refractivity contribution >= 4 is 12.0 Å². The van der Waals surface area contributed by atoms with Gasteiger partial charge in [-0.3, -0.25) is 4.79 Å². The number of likely N-dealkylation sites (tertiary alicyclic amines) is 1. The zero-order valence-corrected chi connectivity index (χ0v) is 12.7. The molecule has 2 heteroatoms. The number of amides is 1. The fourth-order valence-corrected chi connectivity index (χ4v) is 3.90. The van der Waals surface area contributed by atoms with Crippen LogP contribution in [0.4, 0.5) is 0 Å². The van der Waals surface area contributed by atoms with Gasteiger partial charge in [0.25, 0.3) is 0 Å². The average molecular weight is 283 g/mol. The lowest BCUT2D eigenvalue weighted by atomic mass is 9.83. The van der Waals surface area contributed by atoms with Crippen molar-refractivity contribution < 1.29 is 4.79 Å². The maximum absolute atomic E-state index is 12.5. The summed E-state index contributed by atoms with van der Waals surface area (Å²) >= 11 is 0. The lowest BCUT2D eigenvalue weighted by molar-refractivity contribution is -0.127. The third-order valence-corrected chi connectivity index (χ3v) is 4.99. The van der Waals surface area contributed by atoms with E-state index in [4.69, 9.17) is 0 Å². The molecule has 3 rings (SSSR count). The molecule has 0 bridgehead atoms. The molecule has 0 aromatic heterocycles. The van der Waals surface area contributed by atoms with Crippen molar-refractivity contribution in [3.8, 4) is 0 Å². The third-order valence-electron chi connectivity index (χ3n) is 4.99. The van der Waals surface area contributed by atoms with E-state index in [2.05, 4.69) is 4.90 Å². The summed E-state index contributed by atoms with van der Waals surface area (Å²) in [7, 11) is 0. The summed E-state index contributed by atoms with van der Waals surface area (Å²) < 4.78 is 0. The Morgan fingerprint density at radius 2 is 1.76 bits per heavy atom. The SMILES string of the molecule is O=C(/C=C/c1ccccc1)N1CCCC1C1CCCCC1. The molecular weight excluding hydrogens is 258 g/mol. The predicted molar refractivity (Wildman–Crippen MR) is 86.8 cm³/mol. The molecule has 1 saturated heterocycles. The van der Waals surface area contributed by atoms with Gasteiger partial charge in [0, 0.05) is 18.7 Å². The van der Waals surface area contributed by atoms with Gasteiger partial charge in [0.2, 0.25) is 5.91 Å². The number of benzene rings is 1. The van der Waals surface area contributed by atoms with Crippen LogP contribution in [-0.2, 0) is 4.79 Å². The van der Waals surface area contributed by atoms with Gasteiger partial charge in [-0.15, -0.1) is 0 Å². The van der Waals surface area contributed by atoms with Crippen LogP contribution in [0.25, 0.3) is 6.08 Å². The summed E-state index contributed by atoms with van der Waals surface area (Å²) in [4.78, 5) is 14.6. The molecule has 0 radical (unpaired) electrons. The number of rotatable bonds is 3. The van der Waals surface area contributed by atoms with Gasteiger partial charge in [0.15, 0.2) is 0 Å². The first-order chi connectivity index (χ1) is 10.3. The molecule has 1 saturated carbocycles. The van der Waals surface area contributed by atoms with Gasteiger partial charge in [-0.05, 0) is 43.2 Å². The first-order valence-electron chi connectivity index (χ1n) is 8.38. The summed E-state index contributed by atoms with van der Waals surface area (Å²) in [5.74, 6) is 0.947. The predicted octanol–water partition coefficient (Wildman–Crippen LogP) is 4.27. The second-order valence-electron chi connectivity index (χ2n) is 6.38. The minimum Gasteiger partial charge on any atom is -0.336 e. The molecule has 1 aliphatic carbocycles. The summed E-state index contributed by atoms with van der Waals surface area (Å²) in [5.41, 5.74) is 1.10. The van der Waals surface area contributed by atoms with Crippen molar-refractivity contribution in [1.29, 1.82) is 0 Å². The van der Waals surface area contributed by atoms with Gasteiger partial charge in [0.1, 0.15) is 0 Å².